The number of carbonyl (C=O) groups excluding carboxylic acids is 2. The van der Waals surface area contributed by atoms with Crippen LogP contribution in [0.2, 0.25) is 0 Å². The van der Waals surface area contributed by atoms with Gasteiger partial charge in [-0.3, -0.25) is 14.5 Å². The highest BCUT2D eigenvalue weighted by atomic mass is 79.9. The number of hydrogen-bond donors (Lipinski definition) is 0. The number of rotatable bonds is 8. The zero-order valence-electron chi connectivity index (χ0n) is 17.4. The maximum atomic E-state index is 12.7. The van der Waals surface area contributed by atoms with E-state index in [1.165, 1.54) is 10.5 Å². The first kappa shape index (κ1) is 22.4. The van der Waals surface area contributed by atoms with Crippen LogP contribution in [0.15, 0.2) is 88.2 Å². The highest BCUT2D eigenvalue weighted by Crippen LogP contribution is 2.32. The lowest BCUT2D eigenvalue weighted by molar-refractivity contribution is -0.122. The van der Waals surface area contributed by atoms with Crippen molar-refractivity contribution >= 4 is 44.9 Å². The molecule has 1 aliphatic rings. The van der Waals surface area contributed by atoms with E-state index in [9.17, 15) is 9.59 Å². The summed E-state index contributed by atoms with van der Waals surface area (Å²) in [5.74, 6) is 0.530. The largest absolute Gasteiger partial charge is 0.489 e. The van der Waals surface area contributed by atoms with Crippen molar-refractivity contribution in [2.24, 2.45) is 0 Å². The highest BCUT2D eigenvalue weighted by Gasteiger charge is 2.34. The first-order valence-corrected chi connectivity index (χ1v) is 12.0. The molecule has 0 unspecified atom stereocenters. The molecule has 1 saturated heterocycles. The van der Waals surface area contributed by atoms with Gasteiger partial charge in [0.25, 0.3) is 11.1 Å². The third kappa shape index (κ3) is 5.90. The molecule has 32 heavy (non-hydrogen) atoms. The van der Waals surface area contributed by atoms with Crippen LogP contribution in [0.1, 0.15) is 23.1 Å². The molecule has 0 aromatic heterocycles. The molecule has 6 heteroatoms. The van der Waals surface area contributed by atoms with E-state index in [4.69, 9.17) is 4.74 Å². The van der Waals surface area contributed by atoms with Crippen LogP contribution >= 0.6 is 27.7 Å². The Labute approximate surface area is 200 Å². The Kier molecular flexibility index (Phi) is 7.45. The van der Waals surface area contributed by atoms with Gasteiger partial charge in [-0.15, -0.1) is 0 Å². The maximum Gasteiger partial charge on any atom is 0.293 e. The van der Waals surface area contributed by atoms with Gasteiger partial charge in [-0.25, -0.2) is 0 Å². The smallest absolute Gasteiger partial charge is 0.293 e. The summed E-state index contributed by atoms with van der Waals surface area (Å²) in [6.07, 6.45) is 3.35. The average Bonchev–Trinajstić information content (AvgIpc) is 3.08. The molecule has 0 bridgehead atoms. The number of benzene rings is 3. The van der Waals surface area contributed by atoms with Gasteiger partial charge in [0.15, 0.2) is 0 Å². The van der Waals surface area contributed by atoms with Gasteiger partial charge in [-0.2, -0.15) is 0 Å². The van der Waals surface area contributed by atoms with E-state index in [1.54, 1.807) is 6.08 Å². The Morgan fingerprint density at radius 1 is 0.875 bits per heavy atom. The fraction of sp³-hybridized carbons (Fsp3) is 0.154. The summed E-state index contributed by atoms with van der Waals surface area (Å²) in [5, 5.41) is -0.205. The van der Waals surface area contributed by atoms with Crippen molar-refractivity contribution in [1.29, 1.82) is 0 Å². The van der Waals surface area contributed by atoms with Gasteiger partial charge in [0, 0.05) is 11.0 Å². The molecule has 0 radical (unpaired) electrons. The Hall–Kier alpha value is -2.83. The Morgan fingerprint density at radius 3 is 2.31 bits per heavy atom. The molecular formula is C26H22BrNO3S. The minimum atomic E-state index is -0.219. The van der Waals surface area contributed by atoms with E-state index < -0.39 is 0 Å². The summed E-state index contributed by atoms with van der Waals surface area (Å²) in [7, 11) is 0. The van der Waals surface area contributed by atoms with Crippen LogP contribution in [-0.2, 0) is 17.8 Å². The number of ether oxygens (including phenoxy) is 1. The number of imide groups is 1. The zero-order chi connectivity index (χ0) is 22.3. The van der Waals surface area contributed by atoms with Crippen LogP contribution in [0.3, 0.4) is 0 Å². The van der Waals surface area contributed by atoms with Gasteiger partial charge >= 0.3 is 0 Å². The minimum Gasteiger partial charge on any atom is -0.489 e. The number of hydrogen-bond acceptors (Lipinski definition) is 4. The summed E-state index contributed by atoms with van der Waals surface area (Å²) in [4.78, 5) is 26.8. The normalized spacial score (nSPS) is 14.9. The number of aryl methyl sites for hydroxylation is 1. The number of nitrogens with zero attached hydrogens (tertiary/aromatic N) is 1. The molecule has 1 fully saturated rings. The highest BCUT2D eigenvalue weighted by molar-refractivity contribution is 9.10. The van der Waals surface area contributed by atoms with Crippen LogP contribution in [-0.4, -0.2) is 22.6 Å². The molecule has 0 atom stereocenters. The van der Waals surface area contributed by atoms with Crippen LogP contribution < -0.4 is 4.74 Å². The molecule has 4 nitrogen and oxygen atoms in total. The summed E-state index contributed by atoms with van der Waals surface area (Å²) in [6.45, 7) is 0.911. The second-order valence-corrected chi connectivity index (χ2v) is 9.32. The van der Waals surface area contributed by atoms with E-state index in [1.807, 2.05) is 66.7 Å². The molecule has 4 rings (SSSR count). The predicted octanol–water partition coefficient (Wildman–Crippen LogP) is 6.70. The van der Waals surface area contributed by atoms with E-state index in [-0.39, 0.29) is 11.1 Å². The lowest BCUT2D eigenvalue weighted by atomic mass is 10.1. The molecule has 0 aliphatic carbocycles. The summed E-state index contributed by atoms with van der Waals surface area (Å²) in [5.41, 5.74) is 3.14. The van der Waals surface area contributed by atoms with Crippen molar-refractivity contribution in [2.75, 3.05) is 6.54 Å². The molecule has 0 saturated carbocycles. The molecule has 3 aromatic carbocycles. The van der Waals surface area contributed by atoms with Crippen molar-refractivity contribution in [3.05, 3.63) is 105 Å². The molecule has 0 N–H and O–H groups in total. The lowest BCUT2D eigenvalue weighted by Gasteiger charge is -2.12. The van der Waals surface area contributed by atoms with Crippen molar-refractivity contribution < 1.29 is 14.3 Å². The Morgan fingerprint density at radius 2 is 1.59 bits per heavy atom. The summed E-state index contributed by atoms with van der Waals surface area (Å²) >= 11 is 4.42. The number of amides is 2. The van der Waals surface area contributed by atoms with Gasteiger partial charge in [-0.1, -0.05) is 70.5 Å². The van der Waals surface area contributed by atoms with E-state index >= 15 is 0 Å². The fourth-order valence-electron chi connectivity index (χ4n) is 3.34. The molecule has 162 valence electrons. The van der Waals surface area contributed by atoms with E-state index in [2.05, 4.69) is 28.1 Å². The number of thioether (sulfide) groups is 1. The minimum absolute atomic E-state index is 0.205. The van der Waals surface area contributed by atoms with Gasteiger partial charge in [-0.05, 0) is 71.6 Å². The fourth-order valence-corrected chi connectivity index (χ4v) is 4.47. The molecule has 1 heterocycles. The maximum absolute atomic E-state index is 12.7. The second-order valence-electron chi connectivity index (χ2n) is 7.41. The van der Waals surface area contributed by atoms with Crippen LogP contribution in [0.5, 0.6) is 5.75 Å². The van der Waals surface area contributed by atoms with Crippen molar-refractivity contribution in [3.8, 4) is 5.75 Å². The van der Waals surface area contributed by atoms with Crippen molar-refractivity contribution in [1.82, 2.24) is 4.90 Å². The molecule has 0 spiro atoms. The van der Waals surface area contributed by atoms with Crippen molar-refractivity contribution in [3.63, 3.8) is 0 Å². The molecule has 3 aromatic rings. The molecule has 2 amide bonds. The second kappa shape index (κ2) is 10.7. The predicted molar refractivity (Wildman–Crippen MR) is 132 cm³/mol. The average molecular weight is 508 g/mol. The first-order chi connectivity index (χ1) is 15.6. The monoisotopic (exact) mass is 507 g/mol. The molecular weight excluding hydrogens is 486 g/mol. The summed E-state index contributed by atoms with van der Waals surface area (Å²) < 4.78 is 6.86. The topological polar surface area (TPSA) is 46.6 Å². The van der Waals surface area contributed by atoms with Gasteiger partial charge in [0.1, 0.15) is 12.4 Å². The van der Waals surface area contributed by atoms with Crippen LogP contribution in [0.4, 0.5) is 4.79 Å². The molecule has 1 aliphatic heterocycles. The quantitative estimate of drug-likeness (QED) is 0.318. The van der Waals surface area contributed by atoms with Crippen LogP contribution in [0.25, 0.3) is 6.08 Å². The standard InChI is InChI=1S/C26H22BrNO3S/c27-22-12-8-21(9-13-22)18-31-23-14-10-20(11-15-23)17-24-25(29)28(26(30)32-24)16-4-7-19-5-2-1-3-6-19/h1-3,5-6,8-15,17H,4,7,16,18H2/b24-17+. The SMILES string of the molecule is O=C1S/C(=C/c2ccc(OCc3ccc(Br)cc3)cc2)C(=O)N1CCCc1ccccc1. The number of carbonyl (C=O) groups is 2. The zero-order valence-corrected chi connectivity index (χ0v) is 19.8. The van der Waals surface area contributed by atoms with E-state index in [0.717, 1.165) is 46.0 Å². The Balaban J connectivity index is 1.32. The van der Waals surface area contributed by atoms with Crippen LogP contribution in [0, 0.1) is 0 Å². The first-order valence-electron chi connectivity index (χ1n) is 10.3. The van der Waals surface area contributed by atoms with Gasteiger partial charge < -0.3 is 4.74 Å². The lowest BCUT2D eigenvalue weighted by Crippen LogP contribution is -2.29. The third-order valence-electron chi connectivity index (χ3n) is 5.06. The van der Waals surface area contributed by atoms with Gasteiger partial charge in [0.05, 0.1) is 4.91 Å². The summed E-state index contributed by atoms with van der Waals surface area (Å²) in [6, 6.07) is 25.6. The van der Waals surface area contributed by atoms with E-state index in [0.29, 0.717) is 18.1 Å². The third-order valence-corrected chi connectivity index (χ3v) is 6.50. The van der Waals surface area contributed by atoms with Gasteiger partial charge in [0.2, 0.25) is 0 Å². The Bertz CT molecular complexity index is 1110. The number of halogens is 1. The van der Waals surface area contributed by atoms with Crippen molar-refractivity contribution in [2.45, 2.75) is 19.4 Å².